The Bertz CT molecular complexity index is 437. The van der Waals surface area contributed by atoms with Gasteiger partial charge in [-0.2, -0.15) is 0 Å². The summed E-state index contributed by atoms with van der Waals surface area (Å²) < 4.78 is 5.68. The van der Waals surface area contributed by atoms with E-state index in [-0.39, 0.29) is 24.0 Å². The molecule has 0 radical (unpaired) electrons. The van der Waals surface area contributed by atoms with Crippen molar-refractivity contribution >= 4 is 29.9 Å². The van der Waals surface area contributed by atoms with Crippen molar-refractivity contribution in [3.8, 4) is 5.75 Å². The average molecular weight is 389 g/mol. The van der Waals surface area contributed by atoms with Gasteiger partial charge in [-0.05, 0) is 24.5 Å². The number of nitrogens with one attached hydrogen (secondary N) is 2. The fraction of sp³-hybridized carbons (Fsp3) is 0.533. The highest BCUT2D eigenvalue weighted by molar-refractivity contribution is 14.0. The highest BCUT2D eigenvalue weighted by Gasteiger charge is 2.20. The van der Waals surface area contributed by atoms with E-state index in [0.29, 0.717) is 5.92 Å². The summed E-state index contributed by atoms with van der Waals surface area (Å²) in [6.07, 6.45) is 2.15. The van der Waals surface area contributed by atoms with Gasteiger partial charge in [0.2, 0.25) is 0 Å². The lowest BCUT2D eigenvalue weighted by atomic mass is 9.93. The third-order valence-corrected chi connectivity index (χ3v) is 3.36. The number of hydrogen-bond acceptors (Lipinski definition) is 2. The molecule has 1 aromatic rings. The third-order valence-electron chi connectivity index (χ3n) is 3.36. The van der Waals surface area contributed by atoms with Crippen LogP contribution in [0.4, 0.5) is 0 Å². The Kier molecular flexibility index (Phi) is 7.72. The molecule has 1 unspecified atom stereocenters. The van der Waals surface area contributed by atoms with Crippen LogP contribution in [-0.4, -0.2) is 32.7 Å². The Morgan fingerprint density at radius 1 is 1.35 bits per heavy atom. The monoisotopic (exact) mass is 389 g/mol. The number of halogens is 1. The molecule has 0 fully saturated rings. The predicted octanol–water partition coefficient (Wildman–Crippen LogP) is 2.75. The lowest BCUT2D eigenvalue weighted by molar-refractivity contribution is 0.267. The van der Waals surface area contributed by atoms with Crippen molar-refractivity contribution in [1.29, 1.82) is 0 Å². The quantitative estimate of drug-likeness (QED) is 0.473. The van der Waals surface area contributed by atoms with Crippen LogP contribution in [0.25, 0.3) is 0 Å². The number of para-hydroxylation sites is 1. The molecule has 0 aromatic heterocycles. The summed E-state index contributed by atoms with van der Waals surface area (Å²) in [5.41, 5.74) is 1.30. The minimum atomic E-state index is 0. The van der Waals surface area contributed by atoms with Crippen LogP contribution in [0.2, 0.25) is 0 Å². The maximum Gasteiger partial charge on any atom is 0.190 e. The molecule has 0 aliphatic carbocycles. The van der Waals surface area contributed by atoms with Crippen molar-refractivity contribution < 1.29 is 4.74 Å². The third kappa shape index (κ3) is 4.54. The van der Waals surface area contributed by atoms with E-state index < -0.39 is 0 Å². The van der Waals surface area contributed by atoms with Gasteiger partial charge in [0.05, 0.1) is 6.61 Å². The molecule has 0 saturated carbocycles. The Morgan fingerprint density at radius 2 is 2.15 bits per heavy atom. The van der Waals surface area contributed by atoms with Crippen LogP contribution in [-0.2, 0) is 0 Å². The van der Waals surface area contributed by atoms with Crippen molar-refractivity contribution in [3.63, 3.8) is 0 Å². The molecule has 1 aromatic carbocycles. The van der Waals surface area contributed by atoms with Crippen LogP contribution in [0.15, 0.2) is 29.3 Å². The van der Waals surface area contributed by atoms with E-state index in [1.54, 1.807) is 0 Å². The van der Waals surface area contributed by atoms with Gasteiger partial charge in [-0.25, -0.2) is 0 Å². The number of nitrogens with zero attached hydrogens (tertiary/aromatic N) is 1. The second-order valence-corrected chi connectivity index (χ2v) is 4.75. The van der Waals surface area contributed by atoms with Crippen molar-refractivity contribution in [3.05, 3.63) is 29.8 Å². The Labute approximate surface area is 138 Å². The lowest BCUT2D eigenvalue weighted by Crippen LogP contribution is -2.40. The van der Waals surface area contributed by atoms with Crippen molar-refractivity contribution in [2.45, 2.75) is 25.7 Å². The van der Waals surface area contributed by atoms with Gasteiger partial charge < -0.3 is 15.4 Å². The fourth-order valence-corrected chi connectivity index (χ4v) is 2.31. The first-order valence-corrected chi connectivity index (χ1v) is 7.01. The van der Waals surface area contributed by atoms with E-state index in [1.807, 2.05) is 19.2 Å². The number of aliphatic imine (C=N–C) groups is 1. The summed E-state index contributed by atoms with van der Waals surface area (Å²) in [7, 11) is 1.81. The molecule has 4 nitrogen and oxygen atoms in total. The average Bonchev–Trinajstić information content (AvgIpc) is 2.47. The SMILES string of the molecule is CCCNC(=NC)NCC1CCOc2ccccc21.I. The molecular formula is C15H24IN3O. The van der Waals surface area contributed by atoms with E-state index >= 15 is 0 Å². The molecule has 0 saturated heterocycles. The Morgan fingerprint density at radius 3 is 2.90 bits per heavy atom. The van der Waals surface area contributed by atoms with E-state index in [9.17, 15) is 0 Å². The Hall–Kier alpha value is -0.980. The number of benzene rings is 1. The molecular weight excluding hydrogens is 365 g/mol. The zero-order chi connectivity index (χ0) is 13.5. The molecule has 0 bridgehead atoms. The highest BCUT2D eigenvalue weighted by atomic mass is 127. The smallest absolute Gasteiger partial charge is 0.190 e. The summed E-state index contributed by atoms with van der Waals surface area (Å²) in [5.74, 6) is 2.40. The molecule has 0 spiro atoms. The second kappa shape index (κ2) is 9.05. The molecule has 112 valence electrons. The van der Waals surface area contributed by atoms with Gasteiger partial charge in [0.1, 0.15) is 5.75 Å². The minimum Gasteiger partial charge on any atom is -0.493 e. The predicted molar refractivity (Wildman–Crippen MR) is 94.4 cm³/mol. The Balaban J connectivity index is 0.00000200. The molecule has 1 aliphatic rings. The van der Waals surface area contributed by atoms with Gasteiger partial charge >= 0.3 is 0 Å². The van der Waals surface area contributed by atoms with Gasteiger partial charge in [0, 0.05) is 26.1 Å². The molecule has 1 heterocycles. The molecule has 2 N–H and O–H groups in total. The summed E-state index contributed by atoms with van der Waals surface area (Å²) in [6.45, 7) is 4.78. The summed E-state index contributed by atoms with van der Waals surface area (Å²) in [4.78, 5) is 4.23. The number of guanidine groups is 1. The first-order valence-electron chi connectivity index (χ1n) is 7.01. The van der Waals surface area contributed by atoms with Crippen molar-refractivity contribution in [2.75, 3.05) is 26.7 Å². The van der Waals surface area contributed by atoms with E-state index in [4.69, 9.17) is 4.74 Å². The lowest BCUT2D eigenvalue weighted by Gasteiger charge is -2.26. The van der Waals surface area contributed by atoms with E-state index in [0.717, 1.165) is 44.2 Å². The standard InChI is InChI=1S/C15H23N3O.HI/c1-3-9-17-15(16-2)18-11-12-8-10-19-14-7-5-4-6-13(12)14;/h4-7,12H,3,8-11H2,1-2H3,(H2,16,17,18);1H. The largest absolute Gasteiger partial charge is 0.493 e. The molecule has 1 atom stereocenters. The topological polar surface area (TPSA) is 45.7 Å². The summed E-state index contributed by atoms with van der Waals surface area (Å²) >= 11 is 0. The number of hydrogen-bond donors (Lipinski definition) is 2. The van der Waals surface area contributed by atoms with Crippen LogP contribution in [0, 0.1) is 0 Å². The summed E-state index contributed by atoms with van der Waals surface area (Å²) in [6, 6.07) is 8.30. The molecule has 5 heteroatoms. The van der Waals surface area contributed by atoms with E-state index in [2.05, 4.69) is 34.7 Å². The number of ether oxygens (including phenoxy) is 1. The van der Waals surface area contributed by atoms with Gasteiger partial charge in [-0.1, -0.05) is 25.1 Å². The number of rotatable bonds is 4. The maximum absolute atomic E-state index is 5.68. The van der Waals surface area contributed by atoms with Crippen LogP contribution < -0.4 is 15.4 Å². The van der Waals surface area contributed by atoms with Gasteiger partial charge in [-0.3, -0.25) is 4.99 Å². The zero-order valence-electron chi connectivity index (χ0n) is 12.2. The van der Waals surface area contributed by atoms with Crippen LogP contribution in [0.1, 0.15) is 31.2 Å². The summed E-state index contributed by atoms with van der Waals surface area (Å²) in [5, 5.41) is 6.69. The molecule has 20 heavy (non-hydrogen) atoms. The van der Waals surface area contributed by atoms with Crippen LogP contribution >= 0.6 is 24.0 Å². The molecule has 1 aliphatic heterocycles. The fourth-order valence-electron chi connectivity index (χ4n) is 2.31. The van der Waals surface area contributed by atoms with E-state index in [1.165, 1.54) is 5.56 Å². The normalized spacial score (nSPS) is 17.5. The first-order chi connectivity index (χ1) is 9.35. The maximum atomic E-state index is 5.68. The zero-order valence-corrected chi connectivity index (χ0v) is 14.5. The second-order valence-electron chi connectivity index (χ2n) is 4.75. The van der Waals surface area contributed by atoms with Gasteiger partial charge in [0.25, 0.3) is 0 Å². The number of fused-ring (bicyclic) bond motifs is 1. The molecule has 2 rings (SSSR count). The van der Waals surface area contributed by atoms with Gasteiger partial charge in [-0.15, -0.1) is 24.0 Å². The van der Waals surface area contributed by atoms with Crippen molar-refractivity contribution in [2.24, 2.45) is 4.99 Å². The van der Waals surface area contributed by atoms with Crippen LogP contribution in [0.5, 0.6) is 5.75 Å². The van der Waals surface area contributed by atoms with Crippen molar-refractivity contribution in [1.82, 2.24) is 10.6 Å². The first kappa shape index (κ1) is 17.1. The highest BCUT2D eigenvalue weighted by Crippen LogP contribution is 2.32. The van der Waals surface area contributed by atoms with Crippen LogP contribution in [0.3, 0.4) is 0 Å². The molecule has 0 amide bonds. The minimum absolute atomic E-state index is 0. The van der Waals surface area contributed by atoms with Gasteiger partial charge in [0.15, 0.2) is 5.96 Å².